The van der Waals surface area contributed by atoms with Crippen LogP contribution in [0.3, 0.4) is 0 Å². The van der Waals surface area contributed by atoms with E-state index >= 15 is 0 Å². The van der Waals surface area contributed by atoms with Gasteiger partial charge in [0.1, 0.15) is 19.8 Å². The topological polar surface area (TPSA) is 79.1 Å². The number of carbonyl (C=O) groups excluding carboxylic acids is 2. The molecule has 4 rings (SSSR count). The number of aromatic nitrogens is 1. The van der Waals surface area contributed by atoms with Crippen molar-refractivity contribution in [1.82, 2.24) is 4.57 Å². The summed E-state index contributed by atoms with van der Waals surface area (Å²) in [6, 6.07) is 13.8. The minimum absolute atomic E-state index is 0.0356. The highest BCUT2D eigenvalue weighted by atomic mass is 32.2. The molecule has 0 fully saturated rings. The normalized spacial score (nSPS) is 13.4. The van der Waals surface area contributed by atoms with Gasteiger partial charge < -0.3 is 18.8 Å². The molecule has 31 heavy (non-hydrogen) atoms. The van der Waals surface area contributed by atoms with Crippen molar-refractivity contribution in [3.05, 3.63) is 47.3 Å². The number of carbonyl (C=O) groups is 2. The molecule has 1 aliphatic rings. The molecule has 1 aliphatic heterocycles. The van der Waals surface area contributed by atoms with Gasteiger partial charge in [0, 0.05) is 23.4 Å². The summed E-state index contributed by atoms with van der Waals surface area (Å²) in [7, 11) is 1.34. The van der Waals surface area contributed by atoms with Gasteiger partial charge in [-0.15, -0.1) is 11.8 Å². The fourth-order valence-electron chi connectivity index (χ4n) is 3.13. The Kier molecular flexibility index (Phi) is 6.93. The summed E-state index contributed by atoms with van der Waals surface area (Å²) in [6.45, 7) is 0.922. The second-order valence-electron chi connectivity index (χ2n) is 6.78. The maximum absolute atomic E-state index is 12.5. The minimum atomic E-state index is -0.414. The van der Waals surface area contributed by atoms with Crippen LogP contribution < -0.4 is 14.3 Å². The van der Waals surface area contributed by atoms with Gasteiger partial charge in [-0.1, -0.05) is 29.5 Å². The molecule has 0 atom stereocenters. The number of thioether (sulfide) groups is 1. The molecule has 7 nitrogen and oxygen atoms in total. The smallest absolute Gasteiger partial charge is 0.325 e. The van der Waals surface area contributed by atoms with Crippen molar-refractivity contribution in [2.75, 3.05) is 26.1 Å². The predicted octanol–water partition coefficient (Wildman–Crippen LogP) is 3.65. The second kappa shape index (κ2) is 10.0. The fraction of sp³-hybridized carbons (Fsp3) is 0.318. The summed E-state index contributed by atoms with van der Waals surface area (Å²) in [5, 5.41) is 0. The number of ether oxygens (including phenoxy) is 3. The zero-order valence-electron chi connectivity index (χ0n) is 17.0. The summed E-state index contributed by atoms with van der Waals surface area (Å²) in [5.41, 5.74) is 0.755. The molecular formula is C22H22N2O5S2. The van der Waals surface area contributed by atoms with Crippen molar-refractivity contribution < 1.29 is 23.8 Å². The van der Waals surface area contributed by atoms with Crippen molar-refractivity contribution in [3.8, 4) is 11.5 Å². The first-order valence-corrected chi connectivity index (χ1v) is 11.7. The van der Waals surface area contributed by atoms with E-state index in [4.69, 9.17) is 14.2 Å². The van der Waals surface area contributed by atoms with E-state index in [1.807, 2.05) is 30.3 Å². The predicted molar refractivity (Wildman–Crippen MR) is 120 cm³/mol. The van der Waals surface area contributed by atoms with Crippen LogP contribution in [0.25, 0.3) is 10.2 Å². The Morgan fingerprint density at radius 3 is 2.65 bits per heavy atom. The molecule has 0 aliphatic carbocycles. The molecule has 0 radical (unpaired) electrons. The summed E-state index contributed by atoms with van der Waals surface area (Å²) in [4.78, 5) is 30.4. The van der Waals surface area contributed by atoms with E-state index < -0.39 is 5.97 Å². The van der Waals surface area contributed by atoms with E-state index in [9.17, 15) is 9.59 Å². The van der Waals surface area contributed by atoms with E-state index in [1.165, 1.54) is 23.3 Å². The number of rotatable bonds is 7. The Labute approximate surface area is 187 Å². The van der Waals surface area contributed by atoms with Crippen LogP contribution in [-0.2, 0) is 20.9 Å². The average Bonchev–Trinajstić information content (AvgIpc) is 3.11. The zero-order valence-corrected chi connectivity index (χ0v) is 18.7. The van der Waals surface area contributed by atoms with E-state index in [0.717, 1.165) is 22.4 Å². The number of nitrogens with zero attached hydrogens (tertiary/aromatic N) is 2. The molecule has 2 aromatic carbocycles. The van der Waals surface area contributed by atoms with Crippen molar-refractivity contribution in [2.45, 2.75) is 24.3 Å². The molecule has 0 spiro atoms. The lowest BCUT2D eigenvalue weighted by Crippen LogP contribution is -2.22. The van der Waals surface area contributed by atoms with Crippen LogP contribution in [0.2, 0.25) is 0 Å². The number of hydrogen-bond acceptors (Lipinski definition) is 7. The number of hydrogen-bond donors (Lipinski definition) is 0. The van der Waals surface area contributed by atoms with E-state index in [1.54, 1.807) is 16.3 Å². The molecule has 9 heteroatoms. The summed E-state index contributed by atoms with van der Waals surface area (Å²) in [5.74, 6) is 1.48. The number of thiazole rings is 1. The standard InChI is InChI=1S/C22H22N2O5S2/c1-27-21(26)14-24-16-12-17-18(29-10-9-28-17)13-19(16)31-22(24)23-20(25)8-5-11-30-15-6-3-2-4-7-15/h2-4,6-7,12-13H,5,8-11,14H2,1H3. The van der Waals surface area contributed by atoms with E-state index in [0.29, 0.717) is 35.9 Å². The molecule has 162 valence electrons. The van der Waals surface area contributed by atoms with Crippen molar-refractivity contribution in [2.24, 2.45) is 4.99 Å². The fourth-order valence-corrected chi connectivity index (χ4v) is 5.06. The van der Waals surface area contributed by atoms with Gasteiger partial charge in [-0.3, -0.25) is 9.59 Å². The lowest BCUT2D eigenvalue weighted by atomic mass is 10.2. The lowest BCUT2D eigenvalue weighted by Gasteiger charge is -2.18. The van der Waals surface area contributed by atoms with Gasteiger partial charge in [0.15, 0.2) is 16.3 Å². The second-order valence-corrected chi connectivity index (χ2v) is 8.96. The Hall–Kier alpha value is -2.78. The molecule has 0 saturated carbocycles. The number of amides is 1. The number of benzene rings is 2. The highest BCUT2D eigenvalue weighted by Crippen LogP contribution is 2.35. The van der Waals surface area contributed by atoms with Gasteiger partial charge in [-0.05, 0) is 24.3 Å². The molecule has 1 aromatic heterocycles. The summed E-state index contributed by atoms with van der Waals surface area (Å²) >= 11 is 3.06. The Morgan fingerprint density at radius 2 is 1.90 bits per heavy atom. The first-order valence-electron chi connectivity index (χ1n) is 9.89. The SMILES string of the molecule is COC(=O)Cn1c(=NC(=O)CCCSc2ccccc2)sc2cc3c(cc21)OCCO3. The molecule has 0 saturated heterocycles. The molecule has 0 bridgehead atoms. The van der Waals surface area contributed by atoms with Crippen molar-refractivity contribution in [1.29, 1.82) is 0 Å². The molecule has 0 N–H and O–H groups in total. The number of methoxy groups -OCH3 is 1. The van der Waals surface area contributed by atoms with Crippen molar-refractivity contribution in [3.63, 3.8) is 0 Å². The van der Waals surface area contributed by atoms with Crippen molar-refractivity contribution >= 4 is 45.2 Å². The average molecular weight is 459 g/mol. The summed E-state index contributed by atoms with van der Waals surface area (Å²) < 4.78 is 18.7. The van der Waals surface area contributed by atoms with Gasteiger partial charge in [-0.25, -0.2) is 0 Å². The largest absolute Gasteiger partial charge is 0.486 e. The van der Waals surface area contributed by atoms with Gasteiger partial charge in [0.25, 0.3) is 0 Å². The van der Waals surface area contributed by atoms with Crippen LogP contribution in [0.15, 0.2) is 52.4 Å². The third kappa shape index (κ3) is 5.29. The maximum atomic E-state index is 12.5. The minimum Gasteiger partial charge on any atom is -0.486 e. The highest BCUT2D eigenvalue weighted by Gasteiger charge is 2.18. The molecular weight excluding hydrogens is 436 g/mol. The van der Waals surface area contributed by atoms with E-state index in [-0.39, 0.29) is 12.5 Å². The van der Waals surface area contributed by atoms with Crippen LogP contribution in [-0.4, -0.2) is 42.5 Å². The number of esters is 1. The molecule has 2 heterocycles. The van der Waals surface area contributed by atoms with Gasteiger partial charge in [-0.2, -0.15) is 4.99 Å². The lowest BCUT2D eigenvalue weighted by molar-refractivity contribution is -0.141. The highest BCUT2D eigenvalue weighted by molar-refractivity contribution is 7.99. The zero-order chi connectivity index (χ0) is 21.6. The van der Waals surface area contributed by atoms with E-state index in [2.05, 4.69) is 17.1 Å². The van der Waals surface area contributed by atoms with Gasteiger partial charge in [0.2, 0.25) is 5.91 Å². The Morgan fingerprint density at radius 1 is 1.16 bits per heavy atom. The summed E-state index contributed by atoms with van der Waals surface area (Å²) in [6.07, 6.45) is 1.06. The van der Waals surface area contributed by atoms with Crippen LogP contribution in [0, 0.1) is 0 Å². The van der Waals surface area contributed by atoms with Crippen LogP contribution in [0.1, 0.15) is 12.8 Å². The molecule has 1 amide bonds. The van der Waals surface area contributed by atoms with Crippen LogP contribution in [0.5, 0.6) is 11.5 Å². The number of fused-ring (bicyclic) bond motifs is 2. The first kappa shape index (κ1) is 21.5. The van der Waals surface area contributed by atoms with Crippen LogP contribution in [0.4, 0.5) is 0 Å². The Bertz CT molecular complexity index is 1150. The first-order chi connectivity index (χ1) is 15.1. The van der Waals surface area contributed by atoms with Crippen LogP contribution >= 0.6 is 23.1 Å². The quantitative estimate of drug-likeness (QED) is 0.306. The van der Waals surface area contributed by atoms with Gasteiger partial charge in [0.05, 0.1) is 17.3 Å². The maximum Gasteiger partial charge on any atom is 0.325 e. The van der Waals surface area contributed by atoms with Gasteiger partial charge >= 0.3 is 5.97 Å². The third-order valence-corrected chi connectivity index (χ3v) is 6.77. The molecule has 3 aromatic rings. The monoisotopic (exact) mass is 458 g/mol. The third-order valence-electron chi connectivity index (χ3n) is 4.63. The molecule has 0 unspecified atom stereocenters. The Balaban J connectivity index is 1.54.